The summed E-state index contributed by atoms with van der Waals surface area (Å²) in [5.74, 6) is -1.89. The Morgan fingerprint density at radius 2 is 1.66 bits per heavy atom. The number of hydrogen-bond acceptors (Lipinski definition) is 5. The predicted molar refractivity (Wildman–Crippen MR) is 120 cm³/mol. The summed E-state index contributed by atoms with van der Waals surface area (Å²) in [6, 6.07) is 22.3. The maximum absolute atomic E-state index is 13.1. The molecule has 0 unspecified atom stereocenters. The fraction of sp³-hybridized carbons (Fsp3) is 0.0417. The summed E-state index contributed by atoms with van der Waals surface area (Å²) in [6.07, 6.45) is 1.24. The fourth-order valence-corrected chi connectivity index (χ4v) is 3.27. The third-order valence-corrected chi connectivity index (χ3v) is 4.81. The number of rotatable bonds is 6. The highest BCUT2D eigenvalue weighted by Gasteiger charge is 2.17. The van der Waals surface area contributed by atoms with E-state index in [4.69, 9.17) is 0 Å². The molecule has 0 spiro atoms. The number of carboxylic acid groups (broad SMARTS) is 1. The summed E-state index contributed by atoms with van der Waals surface area (Å²) < 4.78 is 1.30. The van der Waals surface area contributed by atoms with Crippen LogP contribution >= 0.6 is 0 Å². The molecule has 0 saturated heterocycles. The van der Waals surface area contributed by atoms with E-state index in [0.29, 0.717) is 16.5 Å². The van der Waals surface area contributed by atoms with Crippen LogP contribution in [0.1, 0.15) is 32.1 Å². The second kappa shape index (κ2) is 9.05. The lowest BCUT2D eigenvalue weighted by atomic mass is 10.1. The summed E-state index contributed by atoms with van der Waals surface area (Å²) in [6.45, 7) is 0.159. The van der Waals surface area contributed by atoms with Crippen molar-refractivity contribution < 1.29 is 14.7 Å². The Hall–Kier alpha value is -4.59. The molecule has 0 aliphatic heterocycles. The van der Waals surface area contributed by atoms with Crippen molar-refractivity contribution in [1.82, 2.24) is 15.0 Å². The standard InChI is InChI=1S/C24H18N4O4/c29-22(27-25-14-17-10-4-5-11-18(17)24(31)32)21-26-20-13-7-6-12-19(20)23(30)28(21)15-16-8-2-1-3-9-16/h1-14H,15H2,(H,27,29)(H,31,32)/b25-14-. The molecule has 0 atom stereocenters. The van der Waals surface area contributed by atoms with E-state index in [9.17, 15) is 19.5 Å². The van der Waals surface area contributed by atoms with Gasteiger partial charge >= 0.3 is 11.9 Å². The molecule has 4 aromatic rings. The molecule has 0 aliphatic rings. The van der Waals surface area contributed by atoms with E-state index in [0.717, 1.165) is 5.56 Å². The van der Waals surface area contributed by atoms with Gasteiger partial charge in [-0.2, -0.15) is 5.10 Å². The zero-order chi connectivity index (χ0) is 22.5. The smallest absolute Gasteiger partial charge is 0.336 e. The van der Waals surface area contributed by atoms with Crippen LogP contribution in [-0.4, -0.2) is 32.7 Å². The Labute approximate surface area is 182 Å². The van der Waals surface area contributed by atoms with Gasteiger partial charge in [0.25, 0.3) is 5.56 Å². The van der Waals surface area contributed by atoms with Crippen molar-refractivity contribution in [3.05, 3.63) is 112 Å². The molecule has 0 saturated carbocycles. The van der Waals surface area contributed by atoms with Crippen molar-refractivity contribution in [3.63, 3.8) is 0 Å². The molecule has 32 heavy (non-hydrogen) atoms. The molecule has 1 amide bonds. The number of fused-ring (bicyclic) bond motifs is 1. The number of carbonyl (C=O) groups is 2. The van der Waals surface area contributed by atoms with Crippen molar-refractivity contribution in [3.8, 4) is 0 Å². The van der Waals surface area contributed by atoms with E-state index in [1.807, 2.05) is 30.3 Å². The summed E-state index contributed by atoms with van der Waals surface area (Å²) in [7, 11) is 0. The molecule has 3 aromatic carbocycles. The van der Waals surface area contributed by atoms with Gasteiger partial charge in [-0.15, -0.1) is 0 Å². The largest absolute Gasteiger partial charge is 0.478 e. The number of nitrogens with zero attached hydrogens (tertiary/aromatic N) is 3. The number of nitrogens with one attached hydrogen (secondary N) is 1. The third-order valence-electron chi connectivity index (χ3n) is 4.81. The van der Waals surface area contributed by atoms with Crippen LogP contribution in [0.4, 0.5) is 0 Å². The van der Waals surface area contributed by atoms with E-state index in [1.165, 1.54) is 16.8 Å². The zero-order valence-electron chi connectivity index (χ0n) is 16.8. The number of amides is 1. The number of para-hydroxylation sites is 1. The summed E-state index contributed by atoms with van der Waals surface area (Å²) in [5.41, 5.74) is 3.61. The minimum atomic E-state index is -1.11. The van der Waals surface area contributed by atoms with Gasteiger partial charge in [0.05, 0.1) is 29.2 Å². The number of carbonyl (C=O) groups excluding carboxylic acids is 1. The van der Waals surface area contributed by atoms with E-state index >= 15 is 0 Å². The molecule has 1 aromatic heterocycles. The highest BCUT2D eigenvalue weighted by Crippen LogP contribution is 2.11. The van der Waals surface area contributed by atoms with Crippen molar-refractivity contribution in [2.75, 3.05) is 0 Å². The predicted octanol–water partition coefficient (Wildman–Crippen LogP) is 2.91. The number of aromatic carboxylic acids is 1. The maximum atomic E-state index is 13.1. The lowest BCUT2D eigenvalue weighted by Crippen LogP contribution is -2.32. The molecular weight excluding hydrogens is 408 g/mol. The monoisotopic (exact) mass is 426 g/mol. The SMILES string of the molecule is O=C(O)c1ccccc1/C=N\NC(=O)c1nc2ccccc2c(=O)n1Cc1ccccc1. The Kier molecular flexibility index (Phi) is 5.85. The number of hydrazone groups is 1. The van der Waals surface area contributed by atoms with Gasteiger partial charge < -0.3 is 5.11 Å². The Morgan fingerprint density at radius 3 is 2.44 bits per heavy atom. The molecule has 0 aliphatic carbocycles. The van der Waals surface area contributed by atoms with Crippen LogP contribution in [0.3, 0.4) is 0 Å². The molecule has 1 heterocycles. The normalized spacial score (nSPS) is 11.0. The van der Waals surface area contributed by atoms with Crippen LogP contribution in [0.15, 0.2) is 88.8 Å². The van der Waals surface area contributed by atoms with Crippen LogP contribution in [0.2, 0.25) is 0 Å². The van der Waals surface area contributed by atoms with Gasteiger partial charge in [-0.3, -0.25) is 14.2 Å². The first-order chi connectivity index (χ1) is 15.5. The van der Waals surface area contributed by atoms with Crippen molar-refractivity contribution >= 4 is 29.0 Å². The van der Waals surface area contributed by atoms with Gasteiger partial charge in [-0.25, -0.2) is 15.2 Å². The van der Waals surface area contributed by atoms with Crippen molar-refractivity contribution in [2.24, 2.45) is 5.10 Å². The fourth-order valence-electron chi connectivity index (χ4n) is 3.27. The van der Waals surface area contributed by atoms with Gasteiger partial charge in [0.15, 0.2) is 0 Å². The Bertz CT molecular complexity index is 1390. The molecule has 0 radical (unpaired) electrons. The van der Waals surface area contributed by atoms with Gasteiger partial charge in [-0.05, 0) is 23.8 Å². The lowest BCUT2D eigenvalue weighted by molar-refractivity contribution is 0.0696. The van der Waals surface area contributed by atoms with E-state index < -0.39 is 11.9 Å². The number of benzene rings is 3. The molecular formula is C24H18N4O4. The summed E-state index contributed by atoms with van der Waals surface area (Å²) >= 11 is 0. The first kappa shape index (κ1) is 20.7. The van der Waals surface area contributed by atoms with Gasteiger partial charge in [0, 0.05) is 5.56 Å². The van der Waals surface area contributed by atoms with Crippen molar-refractivity contribution in [2.45, 2.75) is 6.54 Å². The molecule has 0 fully saturated rings. The first-order valence-electron chi connectivity index (χ1n) is 9.74. The Morgan fingerprint density at radius 1 is 0.969 bits per heavy atom. The van der Waals surface area contributed by atoms with E-state index in [-0.39, 0.29) is 23.5 Å². The van der Waals surface area contributed by atoms with Gasteiger partial charge in [0.1, 0.15) is 0 Å². The highest BCUT2D eigenvalue weighted by molar-refractivity contribution is 5.99. The molecule has 8 nitrogen and oxygen atoms in total. The maximum Gasteiger partial charge on any atom is 0.336 e. The molecule has 158 valence electrons. The summed E-state index contributed by atoms with van der Waals surface area (Å²) in [4.78, 5) is 41.7. The molecule has 4 rings (SSSR count). The minimum absolute atomic E-state index is 0.0512. The average Bonchev–Trinajstić information content (AvgIpc) is 2.81. The quantitative estimate of drug-likeness (QED) is 0.364. The van der Waals surface area contributed by atoms with Gasteiger partial charge in [0.2, 0.25) is 5.82 Å². The van der Waals surface area contributed by atoms with Crippen LogP contribution in [0.25, 0.3) is 10.9 Å². The van der Waals surface area contributed by atoms with E-state index in [2.05, 4.69) is 15.5 Å². The van der Waals surface area contributed by atoms with Gasteiger partial charge in [-0.1, -0.05) is 60.7 Å². The zero-order valence-corrected chi connectivity index (χ0v) is 16.8. The van der Waals surface area contributed by atoms with Crippen molar-refractivity contribution in [1.29, 1.82) is 0 Å². The first-order valence-corrected chi connectivity index (χ1v) is 9.74. The minimum Gasteiger partial charge on any atom is -0.478 e. The number of aromatic nitrogens is 2. The second-order valence-corrected chi connectivity index (χ2v) is 6.92. The summed E-state index contributed by atoms with van der Waals surface area (Å²) in [5, 5.41) is 13.5. The lowest BCUT2D eigenvalue weighted by Gasteiger charge is -2.12. The van der Waals surface area contributed by atoms with E-state index in [1.54, 1.807) is 42.5 Å². The highest BCUT2D eigenvalue weighted by atomic mass is 16.4. The number of hydrogen-bond donors (Lipinski definition) is 2. The number of carboxylic acids is 1. The van der Waals surface area contributed by atoms with Crippen LogP contribution in [-0.2, 0) is 6.54 Å². The molecule has 8 heteroatoms. The Balaban J connectivity index is 1.70. The second-order valence-electron chi connectivity index (χ2n) is 6.92. The van der Waals surface area contributed by atoms with Crippen LogP contribution in [0.5, 0.6) is 0 Å². The van der Waals surface area contributed by atoms with Crippen LogP contribution < -0.4 is 11.0 Å². The third kappa shape index (κ3) is 4.29. The van der Waals surface area contributed by atoms with Crippen LogP contribution in [0, 0.1) is 0 Å². The average molecular weight is 426 g/mol. The molecule has 0 bridgehead atoms. The topological polar surface area (TPSA) is 114 Å². The molecule has 2 N–H and O–H groups in total.